The molecule has 0 saturated heterocycles. The van der Waals surface area contributed by atoms with Gasteiger partial charge in [-0.05, 0) is 6.92 Å². The van der Waals surface area contributed by atoms with Crippen LogP contribution in [0.3, 0.4) is 0 Å². The van der Waals surface area contributed by atoms with Crippen molar-refractivity contribution in [2.75, 3.05) is 0 Å². The van der Waals surface area contributed by atoms with E-state index in [-0.39, 0.29) is 12.4 Å². The van der Waals surface area contributed by atoms with Gasteiger partial charge in [0.1, 0.15) is 6.54 Å². The fourth-order valence-corrected chi connectivity index (χ4v) is 0.581. The molecule has 0 unspecified atom stereocenters. The largest absolute Gasteiger partial charge is 1.00 e. The van der Waals surface area contributed by atoms with Crippen molar-refractivity contribution in [3.8, 4) is 0 Å². The molecule has 0 aromatic carbocycles. The van der Waals surface area contributed by atoms with Crippen molar-refractivity contribution in [1.82, 2.24) is 9.78 Å². The Balaban J connectivity index is 0.000000640. The molecule has 0 fully saturated rings. The topological polar surface area (TPSA) is 21.7 Å². The first-order valence-corrected chi connectivity index (χ1v) is 2.70. The van der Waals surface area contributed by atoms with Gasteiger partial charge in [-0.1, -0.05) is 0 Å². The molecule has 0 atom stereocenters. The van der Waals surface area contributed by atoms with Crippen LogP contribution in [0.5, 0.6) is 0 Å². The molecule has 3 nitrogen and oxygen atoms in total. The SMILES string of the molecule is CCn1c[n+](C)cn1.[Cl-]. The second kappa shape index (κ2) is 3.45. The summed E-state index contributed by atoms with van der Waals surface area (Å²) in [6.45, 7) is 3.01. The third kappa shape index (κ3) is 2.01. The zero-order valence-electron chi connectivity index (χ0n) is 5.58. The highest BCUT2D eigenvalue weighted by Crippen LogP contribution is 1.72. The Bertz CT molecular complexity index is 172. The Hall–Kier alpha value is -0.570. The van der Waals surface area contributed by atoms with Crippen LogP contribution >= 0.6 is 0 Å². The number of aromatic nitrogens is 3. The fraction of sp³-hybridized carbons (Fsp3) is 0.600. The maximum Gasteiger partial charge on any atom is 0.264 e. The van der Waals surface area contributed by atoms with E-state index >= 15 is 0 Å². The summed E-state index contributed by atoms with van der Waals surface area (Å²) in [6.07, 6.45) is 3.73. The zero-order valence-corrected chi connectivity index (χ0v) is 6.34. The van der Waals surface area contributed by atoms with Gasteiger partial charge in [0.15, 0.2) is 0 Å². The quantitative estimate of drug-likeness (QED) is 0.382. The summed E-state index contributed by atoms with van der Waals surface area (Å²) in [5.41, 5.74) is 0. The van der Waals surface area contributed by atoms with Crippen LogP contribution in [0.25, 0.3) is 0 Å². The van der Waals surface area contributed by atoms with E-state index in [1.54, 1.807) is 6.33 Å². The first-order valence-electron chi connectivity index (χ1n) is 2.70. The standard InChI is InChI=1S/C5H10N3.ClH/c1-3-8-5-7(2)4-6-8;/h4-5H,3H2,1-2H3;1H/q+1;/p-1. The predicted octanol–water partition coefficient (Wildman–Crippen LogP) is -3.27. The average molecular weight is 148 g/mol. The van der Waals surface area contributed by atoms with Gasteiger partial charge in [0.2, 0.25) is 6.33 Å². The Morgan fingerprint density at radius 2 is 2.33 bits per heavy atom. The number of aryl methyl sites for hydroxylation is 2. The van der Waals surface area contributed by atoms with E-state index in [2.05, 4.69) is 12.0 Å². The van der Waals surface area contributed by atoms with Gasteiger partial charge >= 0.3 is 0 Å². The van der Waals surface area contributed by atoms with Crippen molar-refractivity contribution >= 4 is 0 Å². The van der Waals surface area contributed by atoms with Crippen LogP contribution in [-0.4, -0.2) is 9.78 Å². The van der Waals surface area contributed by atoms with E-state index in [9.17, 15) is 0 Å². The van der Waals surface area contributed by atoms with Crippen LogP contribution in [0.1, 0.15) is 6.92 Å². The molecular weight excluding hydrogens is 138 g/mol. The summed E-state index contributed by atoms with van der Waals surface area (Å²) in [5.74, 6) is 0. The number of halogens is 1. The average Bonchev–Trinajstić information content (AvgIpc) is 2.14. The van der Waals surface area contributed by atoms with Crippen LogP contribution in [-0.2, 0) is 13.6 Å². The molecule has 1 aromatic rings. The van der Waals surface area contributed by atoms with Crippen molar-refractivity contribution in [3.05, 3.63) is 12.7 Å². The molecule has 0 spiro atoms. The minimum atomic E-state index is 0. The van der Waals surface area contributed by atoms with Gasteiger partial charge in [-0.3, -0.25) is 0 Å². The molecule has 0 aliphatic rings. The molecule has 0 saturated carbocycles. The highest BCUT2D eigenvalue weighted by molar-refractivity contribution is 4.40. The normalized spacial score (nSPS) is 8.67. The third-order valence-electron chi connectivity index (χ3n) is 1.02. The molecule has 0 aliphatic heterocycles. The third-order valence-corrected chi connectivity index (χ3v) is 1.02. The van der Waals surface area contributed by atoms with Crippen LogP contribution in [0.4, 0.5) is 0 Å². The lowest BCUT2D eigenvalue weighted by molar-refractivity contribution is -0.672. The Labute approximate surface area is 60.7 Å². The molecule has 0 amide bonds. The highest BCUT2D eigenvalue weighted by atomic mass is 35.5. The molecule has 0 bridgehead atoms. The predicted molar refractivity (Wildman–Crippen MR) is 29.1 cm³/mol. The molecule has 4 heteroatoms. The number of rotatable bonds is 1. The van der Waals surface area contributed by atoms with E-state index in [1.807, 2.05) is 22.6 Å². The van der Waals surface area contributed by atoms with Crippen molar-refractivity contribution in [2.24, 2.45) is 7.05 Å². The van der Waals surface area contributed by atoms with Crippen LogP contribution < -0.4 is 17.0 Å². The number of nitrogens with zero attached hydrogens (tertiary/aromatic N) is 3. The van der Waals surface area contributed by atoms with Gasteiger partial charge in [0.25, 0.3) is 6.33 Å². The molecule has 9 heavy (non-hydrogen) atoms. The molecule has 0 radical (unpaired) electrons. The van der Waals surface area contributed by atoms with E-state index < -0.39 is 0 Å². The zero-order chi connectivity index (χ0) is 5.98. The summed E-state index contributed by atoms with van der Waals surface area (Å²) in [7, 11) is 1.96. The summed E-state index contributed by atoms with van der Waals surface area (Å²) in [6, 6.07) is 0. The Morgan fingerprint density at radius 3 is 2.56 bits per heavy atom. The fourth-order valence-electron chi connectivity index (χ4n) is 0.581. The maximum atomic E-state index is 4.01. The van der Waals surface area contributed by atoms with Crippen LogP contribution in [0, 0.1) is 0 Å². The summed E-state index contributed by atoms with van der Waals surface area (Å²) in [4.78, 5) is 0. The molecule has 1 aromatic heterocycles. The number of hydrogen-bond donors (Lipinski definition) is 0. The van der Waals surface area contributed by atoms with E-state index in [1.165, 1.54) is 0 Å². The highest BCUT2D eigenvalue weighted by Gasteiger charge is 1.95. The first kappa shape index (κ1) is 8.43. The minimum absolute atomic E-state index is 0. The summed E-state index contributed by atoms with van der Waals surface area (Å²) in [5, 5.41) is 4.01. The van der Waals surface area contributed by atoms with Crippen molar-refractivity contribution in [2.45, 2.75) is 13.5 Å². The van der Waals surface area contributed by atoms with Crippen molar-refractivity contribution < 1.29 is 17.0 Å². The van der Waals surface area contributed by atoms with Gasteiger partial charge < -0.3 is 12.4 Å². The van der Waals surface area contributed by atoms with Crippen molar-refractivity contribution in [1.29, 1.82) is 0 Å². The monoisotopic (exact) mass is 147 g/mol. The summed E-state index contributed by atoms with van der Waals surface area (Å²) < 4.78 is 3.80. The summed E-state index contributed by atoms with van der Waals surface area (Å²) >= 11 is 0. The lowest BCUT2D eigenvalue weighted by atomic mass is 10.8. The van der Waals surface area contributed by atoms with Gasteiger partial charge in [-0.25, -0.2) is 4.57 Å². The minimum Gasteiger partial charge on any atom is -1.00 e. The lowest BCUT2D eigenvalue weighted by Gasteiger charge is -1.77. The van der Waals surface area contributed by atoms with E-state index in [0.29, 0.717) is 0 Å². The van der Waals surface area contributed by atoms with E-state index in [0.717, 1.165) is 6.54 Å². The second-order valence-corrected chi connectivity index (χ2v) is 1.77. The van der Waals surface area contributed by atoms with Crippen LogP contribution in [0.15, 0.2) is 12.7 Å². The molecular formula is C5H10ClN3. The molecule has 1 rings (SSSR count). The van der Waals surface area contributed by atoms with Gasteiger partial charge in [0.05, 0.1) is 7.05 Å². The molecule has 0 N–H and O–H groups in total. The molecule has 52 valence electrons. The smallest absolute Gasteiger partial charge is 0.264 e. The Kier molecular flexibility index (Phi) is 3.24. The van der Waals surface area contributed by atoms with Gasteiger partial charge in [-0.15, -0.1) is 4.68 Å². The first-order chi connectivity index (χ1) is 3.83. The van der Waals surface area contributed by atoms with Crippen LogP contribution in [0.2, 0.25) is 0 Å². The molecule has 1 heterocycles. The Morgan fingerprint density at radius 1 is 1.67 bits per heavy atom. The van der Waals surface area contributed by atoms with Crippen molar-refractivity contribution in [3.63, 3.8) is 0 Å². The van der Waals surface area contributed by atoms with Gasteiger partial charge in [-0.2, -0.15) is 0 Å². The number of hydrogen-bond acceptors (Lipinski definition) is 1. The lowest BCUT2D eigenvalue weighted by Crippen LogP contribution is -3.00. The second-order valence-electron chi connectivity index (χ2n) is 1.77. The maximum absolute atomic E-state index is 4.01. The van der Waals surface area contributed by atoms with Gasteiger partial charge in [0, 0.05) is 5.10 Å². The molecule has 0 aliphatic carbocycles. The van der Waals surface area contributed by atoms with E-state index in [4.69, 9.17) is 0 Å².